The van der Waals surface area contributed by atoms with Gasteiger partial charge in [0.15, 0.2) is 5.96 Å². The molecule has 0 heterocycles. The van der Waals surface area contributed by atoms with Gasteiger partial charge in [-0.05, 0) is 43.4 Å². The van der Waals surface area contributed by atoms with Crippen LogP contribution in [0, 0.1) is 12.8 Å². The summed E-state index contributed by atoms with van der Waals surface area (Å²) in [5.74, 6) is 2.12. The highest BCUT2D eigenvalue weighted by Gasteiger charge is 2.01. The molecule has 0 atom stereocenters. The molecule has 0 saturated carbocycles. The molecule has 0 radical (unpaired) electrons. The summed E-state index contributed by atoms with van der Waals surface area (Å²) in [6.07, 6.45) is 1.10. The molecule has 1 aromatic rings. The molecule has 0 aliphatic heterocycles. The average Bonchev–Trinajstić information content (AvgIpc) is 2.39. The zero-order valence-corrected chi connectivity index (χ0v) is 13.1. The molecule has 1 aromatic carbocycles. The normalized spacial score (nSPS) is 11.8. The van der Waals surface area contributed by atoms with Crippen LogP contribution in [0.4, 0.5) is 0 Å². The number of nitrogens with two attached hydrogens (primary N) is 1. The van der Waals surface area contributed by atoms with Gasteiger partial charge in [-0.25, -0.2) is 4.99 Å². The summed E-state index contributed by atoms with van der Waals surface area (Å²) < 4.78 is 5.52. The van der Waals surface area contributed by atoms with Crippen LogP contribution >= 0.6 is 0 Å². The van der Waals surface area contributed by atoms with E-state index in [2.05, 4.69) is 30.2 Å². The number of aliphatic imine (C=N–C) groups is 1. The minimum Gasteiger partial charge on any atom is -0.494 e. The fourth-order valence-corrected chi connectivity index (χ4v) is 1.85. The lowest BCUT2D eigenvalue weighted by Crippen LogP contribution is -2.32. The van der Waals surface area contributed by atoms with Crippen LogP contribution < -0.4 is 15.8 Å². The lowest BCUT2D eigenvalue weighted by Gasteiger charge is -2.09. The van der Waals surface area contributed by atoms with E-state index >= 15 is 0 Å². The van der Waals surface area contributed by atoms with Gasteiger partial charge in [-0.2, -0.15) is 0 Å². The third kappa shape index (κ3) is 5.95. The van der Waals surface area contributed by atoms with Crippen molar-refractivity contribution in [3.63, 3.8) is 0 Å². The van der Waals surface area contributed by atoms with Crippen molar-refractivity contribution in [1.82, 2.24) is 5.32 Å². The van der Waals surface area contributed by atoms with Crippen LogP contribution in [0.15, 0.2) is 23.2 Å². The lowest BCUT2D eigenvalue weighted by atomic mass is 10.1. The van der Waals surface area contributed by atoms with Crippen LogP contribution in [-0.2, 0) is 6.54 Å². The Hall–Kier alpha value is -1.71. The van der Waals surface area contributed by atoms with Crippen molar-refractivity contribution in [1.29, 1.82) is 0 Å². The van der Waals surface area contributed by atoms with Gasteiger partial charge in [0.25, 0.3) is 0 Å². The quantitative estimate of drug-likeness (QED) is 0.595. The summed E-state index contributed by atoms with van der Waals surface area (Å²) in [7, 11) is 0. The van der Waals surface area contributed by atoms with Crippen molar-refractivity contribution in [3.8, 4) is 5.75 Å². The van der Waals surface area contributed by atoms with E-state index in [-0.39, 0.29) is 0 Å². The standard InChI is InChI=1S/C16H27N3O/c1-5-20-15-7-6-14(10-13(15)4)11-19-16(17)18-9-8-12(2)3/h6-7,10,12H,5,8-9,11H2,1-4H3,(H3,17,18,19). The number of hydrogen-bond donors (Lipinski definition) is 2. The van der Waals surface area contributed by atoms with Gasteiger partial charge in [0.05, 0.1) is 13.2 Å². The molecule has 0 bridgehead atoms. The topological polar surface area (TPSA) is 59.6 Å². The zero-order valence-electron chi connectivity index (χ0n) is 13.1. The Labute approximate surface area is 122 Å². The summed E-state index contributed by atoms with van der Waals surface area (Å²) in [5.41, 5.74) is 8.11. The summed E-state index contributed by atoms with van der Waals surface area (Å²) in [5, 5.41) is 3.13. The maximum absolute atomic E-state index is 5.84. The van der Waals surface area contributed by atoms with Crippen LogP contribution in [-0.4, -0.2) is 19.1 Å². The molecule has 0 saturated heterocycles. The van der Waals surface area contributed by atoms with E-state index in [1.807, 2.05) is 26.0 Å². The molecule has 3 N–H and O–H groups in total. The fourth-order valence-electron chi connectivity index (χ4n) is 1.85. The van der Waals surface area contributed by atoms with Gasteiger partial charge < -0.3 is 15.8 Å². The van der Waals surface area contributed by atoms with Gasteiger partial charge in [-0.3, -0.25) is 0 Å². The van der Waals surface area contributed by atoms with Crippen LogP contribution in [0.25, 0.3) is 0 Å². The van der Waals surface area contributed by atoms with Crippen molar-refractivity contribution in [2.24, 2.45) is 16.6 Å². The Balaban J connectivity index is 2.49. The molecule has 0 spiro atoms. The monoisotopic (exact) mass is 277 g/mol. The largest absolute Gasteiger partial charge is 0.494 e. The molecule has 4 heteroatoms. The second-order valence-corrected chi connectivity index (χ2v) is 5.34. The zero-order chi connectivity index (χ0) is 15.0. The number of guanidine groups is 1. The third-order valence-electron chi connectivity index (χ3n) is 3.00. The molecule has 0 unspecified atom stereocenters. The number of aryl methyl sites for hydroxylation is 1. The molecule has 0 aliphatic carbocycles. The highest BCUT2D eigenvalue weighted by atomic mass is 16.5. The smallest absolute Gasteiger partial charge is 0.188 e. The third-order valence-corrected chi connectivity index (χ3v) is 3.00. The first kappa shape index (κ1) is 16.3. The minimum absolute atomic E-state index is 0.511. The summed E-state index contributed by atoms with van der Waals surface area (Å²) in [4.78, 5) is 4.35. The van der Waals surface area contributed by atoms with Crippen molar-refractivity contribution in [2.45, 2.75) is 40.7 Å². The summed E-state index contributed by atoms with van der Waals surface area (Å²) >= 11 is 0. The average molecular weight is 277 g/mol. The number of benzene rings is 1. The molecule has 20 heavy (non-hydrogen) atoms. The van der Waals surface area contributed by atoms with Crippen LogP contribution in [0.5, 0.6) is 5.75 Å². The van der Waals surface area contributed by atoms with E-state index in [9.17, 15) is 0 Å². The highest BCUT2D eigenvalue weighted by Crippen LogP contribution is 2.19. The van der Waals surface area contributed by atoms with Crippen molar-refractivity contribution in [2.75, 3.05) is 13.2 Å². The van der Waals surface area contributed by atoms with Gasteiger partial charge in [-0.1, -0.05) is 26.0 Å². The van der Waals surface area contributed by atoms with Gasteiger partial charge in [0.2, 0.25) is 0 Å². The van der Waals surface area contributed by atoms with E-state index in [4.69, 9.17) is 10.5 Å². The number of rotatable bonds is 7. The van der Waals surface area contributed by atoms with Gasteiger partial charge >= 0.3 is 0 Å². The van der Waals surface area contributed by atoms with E-state index in [1.54, 1.807) is 0 Å². The van der Waals surface area contributed by atoms with E-state index in [0.29, 0.717) is 25.0 Å². The van der Waals surface area contributed by atoms with Crippen molar-refractivity contribution >= 4 is 5.96 Å². The Morgan fingerprint density at radius 1 is 1.40 bits per heavy atom. The van der Waals surface area contributed by atoms with E-state index in [1.165, 1.54) is 0 Å². The number of hydrogen-bond acceptors (Lipinski definition) is 2. The Morgan fingerprint density at radius 2 is 2.15 bits per heavy atom. The molecule has 0 fully saturated rings. The first-order valence-corrected chi connectivity index (χ1v) is 7.29. The second-order valence-electron chi connectivity index (χ2n) is 5.34. The molecule has 0 amide bonds. The number of ether oxygens (including phenoxy) is 1. The van der Waals surface area contributed by atoms with Crippen molar-refractivity contribution < 1.29 is 4.74 Å². The Kier molecular flexibility index (Phi) is 6.91. The number of nitrogens with one attached hydrogen (secondary N) is 1. The van der Waals surface area contributed by atoms with Crippen molar-refractivity contribution in [3.05, 3.63) is 29.3 Å². The maximum Gasteiger partial charge on any atom is 0.188 e. The first-order chi connectivity index (χ1) is 9.52. The second kappa shape index (κ2) is 8.46. The molecular formula is C16H27N3O. The minimum atomic E-state index is 0.511. The first-order valence-electron chi connectivity index (χ1n) is 7.29. The Morgan fingerprint density at radius 3 is 2.75 bits per heavy atom. The highest BCUT2D eigenvalue weighted by molar-refractivity contribution is 5.77. The lowest BCUT2D eigenvalue weighted by molar-refractivity contribution is 0.338. The molecule has 0 aromatic heterocycles. The maximum atomic E-state index is 5.84. The molecule has 1 rings (SSSR count). The number of nitrogens with zero attached hydrogens (tertiary/aromatic N) is 1. The Bertz CT molecular complexity index is 441. The van der Waals surface area contributed by atoms with Crippen LogP contribution in [0.2, 0.25) is 0 Å². The van der Waals surface area contributed by atoms with Crippen LogP contribution in [0.3, 0.4) is 0 Å². The molecular weight excluding hydrogens is 250 g/mol. The van der Waals surface area contributed by atoms with Gasteiger partial charge in [-0.15, -0.1) is 0 Å². The van der Waals surface area contributed by atoms with Crippen LogP contribution in [0.1, 0.15) is 38.3 Å². The van der Waals surface area contributed by atoms with Gasteiger partial charge in [0, 0.05) is 6.54 Å². The summed E-state index contributed by atoms with van der Waals surface area (Å²) in [6.45, 7) is 10.6. The predicted octanol–water partition coefficient (Wildman–Crippen LogP) is 2.84. The van der Waals surface area contributed by atoms with Gasteiger partial charge in [0.1, 0.15) is 5.75 Å². The molecule has 4 nitrogen and oxygen atoms in total. The SMILES string of the molecule is CCOc1ccc(CN=C(N)NCCC(C)C)cc1C. The van der Waals surface area contributed by atoms with E-state index in [0.717, 1.165) is 29.8 Å². The van der Waals surface area contributed by atoms with E-state index < -0.39 is 0 Å². The molecule has 112 valence electrons. The summed E-state index contributed by atoms with van der Waals surface area (Å²) in [6, 6.07) is 6.12. The predicted molar refractivity (Wildman–Crippen MR) is 85.1 cm³/mol. The molecule has 0 aliphatic rings. The fraction of sp³-hybridized carbons (Fsp3) is 0.562.